The maximum atomic E-state index is 13.7. The van der Waals surface area contributed by atoms with E-state index < -0.39 is 5.97 Å². The van der Waals surface area contributed by atoms with Crippen molar-refractivity contribution in [1.82, 2.24) is 9.66 Å². The van der Waals surface area contributed by atoms with E-state index in [1.54, 1.807) is 24.3 Å². The topological polar surface area (TPSA) is 101 Å². The summed E-state index contributed by atoms with van der Waals surface area (Å²) in [5.41, 5.74) is 3.49. The van der Waals surface area contributed by atoms with Crippen LogP contribution in [0.4, 0.5) is 0 Å². The highest BCUT2D eigenvalue weighted by Gasteiger charge is 2.19. The van der Waals surface area contributed by atoms with Crippen LogP contribution in [0.5, 0.6) is 23.0 Å². The molecule has 1 heterocycles. The minimum Gasteiger partial charge on any atom is -0.494 e. The third-order valence-electron chi connectivity index (χ3n) is 6.32. The molecule has 0 saturated heterocycles. The van der Waals surface area contributed by atoms with Crippen LogP contribution in [0.2, 0.25) is 0 Å². The van der Waals surface area contributed by atoms with Crippen LogP contribution >= 0.6 is 0 Å². The number of para-hydroxylation sites is 1. The Morgan fingerprint density at radius 2 is 1.73 bits per heavy atom. The quantitative estimate of drug-likeness (QED) is 0.151. The molecule has 0 N–H and O–H groups in total. The van der Waals surface area contributed by atoms with Crippen molar-refractivity contribution >= 4 is 23.1 Å². The van der Waals surface area contributed by atoms with Gasteiger partial charge in [0.2, 0.25) is 5.75 Å². The van der Waals surface area contributed by atoms with Gasteiger partial charge in [-0.2, -0.15) is 9.78 Å². The lowest BCUT2D eigenvalue weighted by Gasteiger charge is -2.18. The van der Waals surface area contributed by atoms with Crippen LogP contribution in [0.1, 0.15) is 50.3 Å². The summed E-state index contributed by atoms with van der Waals surface area (Å²) in [5, 5.41) is 5.03. The summed E-state index contributed by atoms with van der Waals surface area (Å²) in [7, 11) is 2.92. The molecule has 0 saturated carbocycles. The molecule has 9 nitrogen and oxygen atoms in total. The Bertz CT molecular complexity index is 1630. The van der Waals surface area contributed by atoms with Crippen LogP contribution < -0.4 is 24.5 Å². The second-order valence-electron chi connectivity index (χ2n) is 9.45. The molecule has 4 aromatic rings. The summed E-state index contributed by atoms with van der Waals surface area (Å²) in [4.78, 5) is 30.2. The lowest BCUT2D eigenvalue weighted by atomic mass is 9.96. The Balaban J connectivity index is 1.94. The average Bonchev–Trinajstić information content (AvgIpc) is 2.92. The molecule has 208 valence electrons. The van der Waals surface area contributed by atoms with Gasteiger partial charge >= 0.3 is 5.97 Å². The number of hydrogen-bond acceptors (Lipinski definition) is 8. The standard InChI is InChI=1S/C31H33N3O6/c1-8-39-26-13-19(4)24(16-23(26)18(2)3)30-33-25-12-10-9-11-22(25)31(36)34(30)32-17-21-14-27(37-6)29(40-20(5)35)28(15-21)38-7/h9-18H,8H2,1-7H3. The Kier molecular flexibility index (Phi) is 8.52. The molecule has 9 heteroatoms. The summed E-state index contributed by atoms with van der Waals surface area (Å²) in [6.07, 6.45) is 1.51. The first-order chi connectivity index (χ1) is 19.2. The summed E-state index contributed by atoms with van der Waals surface area (Å²) in [5.74, 6) is 1.60. The van der Waals surface area contributed by atoms with Gasteiger partial charge in [0.05, 0.1) is 37.9 Å². The van der Waals surface area contributed by atoms with Crippen LogP contribution in [0, 0.1) is 6.92 Å². The van der Waals surface area contributed by atoms with E-state index in [9.17, 15) is 9.59 Å². The normalized spacial score (nSPS) is 11.3. The molecule has 0 amide bonds. The van der Waals surface area contributed by atoms with Gasteiger partial charge in [-0.1, -0.05) is 26.0 Å². The number of methoxy groups -OCH3 is 2. The third-order valence-corrected chi connectivity index (χ3v) is 6.32. The lowest BCUT2D eigenvalue weighted by Crippen LogP contribution is -2.21. The molecule has 4 rings (SSSR count). The molecular formula is C31H33N3O6. The summed E-state index contributed by atoms with van der Waals surface area (Å²) in [6.45, 7) is 9.94. The number of rotatable bonds is 9. The van der Waals surface area contributed by atoms with Crippen LogP contribution in [0.3, 0.4) is 0 Å². The first-order valence-electron chi connectivity index (χ1n) is 13.0. The monoisotopic (exact) mass is 543 g/mol. The first kappa shape index (κ1) is 28.4. The van der Waals surface area contributed by atoms with E-state index in [2.05, 4.69) is 18.9 Å². The van der Waals surface area contributed by atoms with Crippen molar-refractivity contribution in [3.8, 4) is 34.4 Å². The van der Waals surface area contributed by atoms with Crippen molar-refractivity contribution in [2.24, 2.45) is 5.10 Å². The van der Waals surface area contributed by atoms with Crippen LogP contribution in [0.25, 0.3) is 22.3 Å². The van der Waals surface area contributed by atoms with Crippen LogP contribution in [0.15, 0.2) is 58.4 Å². The largest absolute Gasteiger partial charge is 0.494 e. The predicted molar refractivity (Wildman–Crippen MR) is 155 cm³/mol. The SMILES string of the molecule is CCOc1cc(C)c(-c2nc3ccccc3c(=O)n2N=Cc2cc(OC)c(OC(C)=O)c(OC)c2)cc1C(C)C. The number of ether oxygens (including phenoxy) is 4. The number of aromatic nitrogens is 2. The fourth-order valence-corrected chi connectivity index (χ4v) is 4.42. The van der Waals surface area contributed by atoms with Gasteiger partial charge in [0.15, 0.2) is 17.3 Å². The molecule has 0 fully saturated rings. The van der Waals surface area contributed by atoms with Crippen LogP contribution in [-0.4, -0.2) is 42.7 Å². The van der Waals surface area contributed by atoms with Gasteiger partial charge in [0.1, 0.15) is 5.75 Å². The minimum atomic E-state index is -0.511. The zero-order valence-electron chi connectivity index (χ0n) is 23.8. The van der Waals surface area contributed by atoms with E-state index >= 15 is 0 Å². The maximum absolute atomic E-state index is 13.7. The Morgan fingerprint density at radius 1 is 1.05 bits per heavy atom. The van der Waals surface area contributed by atoms with Crippen molar-refractivity contribution in [3.05, 3.63) is 75.6 Å². The van der Waals surface area contributed by atoms with E-state index in [0.717, 1.165) is 22.4 Å². The molecule has 0 atom stereocenters. The second kappa shape index (κ2) is 12.0. The molecule has 0 aliphatic rings. The fraction of sp³-hybridized carbons (Fsp3) is 0.290. The average molecular weight is 544 g/mol. The first-order valence-corrected chi connectivity index (χ1v) is 13.0. The van der Waals surface area contributed by atoms with Gasteiger partial charge < -0.3 is 18.9 Å². The number of benzene rings is 3. The highest BCUT2D eigenvalue weighted by molar-refractivity contribution is 5.84. The second-order valence-corrected chi connectivity index (χ2v) is 9.45. The highest BCUT2D eigenvalue weighted by Crippen LogP contribution is 2.38. The molecule has 0 unspecified atom stereocenters. The van der Waals surface area contributed by atoms with Gasteiger partial charge in [0, 0.05) is 18.1 Å². The van der Waals surface area contributed by atoms with Crippen molar-refractivity contribution < 1.29 is 23.7 Å². The molecule has 3 aromatic carbocycles. The van der Waals surface area contributed by atoms with Crippen molar-refractivity contribution in [3.63, 3.8) is 0 Å². The smallest absolute Gasteiger partial charge is 0.308 e. The number of nitrogens with zero attached hydrogens (tertiary/aromatic N) is 3. The fourth-order valence-electron chi connectivity index (χ4n) is 4.42. The molecule has 0 radical (unpaired) electrons. The minimum absolute atomic E-state index is 0.158. The van der Waals surface area contributed by atoms with Gasteiger partial charge in [0.25, 0.3) is 5.56 Å². The molecule has 40 heavy (non-hydrogen) atoms. The molecular weight excluding hydrogens is 510 g/mol. The van der Waals surface area contributed by atoms with Crippen molar-refractivity contribution in [1.29, 1.82) is 0 Å². The van der Waals surface area contributed by atoms with E-state index in [-0.39, 0.29) is 28.7 Å². The Morgan fingerprint density at radius 3 is 2.33 bits per heavy atom. The number of hydrogen-bond donors (Lipinski definition) is 0. The van der Waals surface area contributed by atoms with Gasteiger partial charge in [-0.3, -0.25) is 9.59 Å². The third kappa shape index (κ3) is 5.68. The number of esters is 1. The Labute approximate surface area is 233 Å². The molecule has 0 bridgehead atoms. The number of carbonyl (C=O) groups excluding carboxylic acids is 1. The summed E-state index contributed by atoms with van der Waals surface area (Å²) in [6, 6.07) is 14.5. The summed E-state index contributed by atoms with van der Waals surface area (Å²) < 4.78 is 23.3. The number of aryl methyl sites for hydroxylation is 1. The molecule has 0 aliphatic carbocycles. The van der Waals surface area contributed by atoms with E-state index in [1.807, 2.05) is 38.1 Å². The maximum Gasteiger partial charge on any atom is 0.308 e. The van der Waals surface area contributed by atoms with Crippen molar-refractivity contribution in [2.75, 3.05) is 20.8 Å². The lowest BCUT2D eigenvalue weighted by molar-refractivity contribution is -0.132. The zero-order chi connectivity index (χ0) is 29.0. The number of carbonyl (C=O) groups is 1. The van der Waals surface area contributed by atoms with E-state index in [0.29, 0.717) is 28.9 Å². The zero-order valence-corrected chi connectivity index (χ0v) is 23.8. The van der Waals surface area contributed by atoms with Gasteiger partial charge in [-0.15, -0.1) is 0 Å². The Hall–Kier alpha value is -4.66. The van der Waals surface area contributed by atoms with Gasteiger partial charge in [-0.25, -0.2) is 4.98 Å². The van der Waals surface area contributed by atoms with E-state index in [4.69, 9.17) is 23.9 Å². The van der Waals surface area contributed by atoms with Crippen LogP contribution in [-0.2, 0) is 4.79 Å². The molecule has 1 aromatic heterocycles. The number of fused-ring (bicyclic) bond motifs is 1. The van der Waals surface area contributed by atoms with E-state index in [1.165, 1.54) is 32.0 Å². The predicted octanol–water partition coefficient (Wildman–Crippen LogP) is 5.72. The van der Waals surface area contributed by atoms with Crippen molar-refractivity contribution in [2.45, 2.75) is 40.5 Å². The van der Waals surface area contributed by atoms with Gasteiger partial charge in [-0.05, 0) is 67.3 Å². The molecule has 0 aliphatic heterocycles. The highest BCUT2D eigenvalue weighted by atomic mass is 16.6. The molecule has 0 spiro atoms. The summed E-state index contributed by atoms with van der Waals surface area (Å²) >= 11 is 0.